The Morgan fingerprint density at radius 3 is 2.57 bits per heavy atom. The van der Waals surface area contributed by atoms with Crippen LogP contribution >= 0.6 is 11.3 Å². The maximum Gasteiger partial charge on any atom is 0.0658 e. The van der Waals surface area contributed by atoms with Gasteiger partial charge in [-0.2, -0.15) is 0 Å². The third-order valence-electron chi connectivity index (χ3n) is 6.54. The Balaban J connectivity index is 1.77. The third-order valence-corrected chi connectivity index (χ3v) is 9.48. The Kier molecular flexibility index (Phi) is 4.11. The van der Waals surface area contributed by atoms with Gasteiger partial charge in [-0.1, -0.05) is 90.1 Å². The molecular formula is C26H26SSi. The standard InChI is InChI=1S/C26H26SSi/c1-17-15-19-9-5-6-10-20(19)24(17)26(23-12-8-14-27-23)13-7-11-21-22(26)16-18(2)25(21)28(3)4/h5-16,24,28H,1-4H3/t24-,26?/m1/s1. The smallest absolute Gasteiger partial charge is 0.0658 e. The summed E-state index contributed by atoms with van der Waals surface area (Å²) in [4.78, 5) is 1.45. The average Bonchev–Trinajstić information content (AvgIpc) is 3.37. The molecule has 2 aromatic rings. The molecule has 0 fully saturated rings. The number of rotatable bonds is 3. The van der Waals surface area contributed by atoms with E-state index in [0.29, 0.717) is 5.92 Å². The first-order chi connectivity index (χ1) is 13.5. The molecule has 0 radical (unpaired) electrons. The predicted octanol–water partition coefficient (Wildman–Crippen LogP) is 6.97. The largest absolute Gasteiger partial charge is 0.148 e. The lowest BCUT2D eigenvalue weighted by atomic mass is 9.62. The van der Waals surface area contributed by atoms with Crippen molar-refractivity contribution in [1.29, 1.82) is 0 Å². The first-order valence-electron chi connectivity index (χ1n) is 10.2. The Morgan fingerprint density at radius 1 is 1.00 bits per heavy atom. The molecule has 1 aromatic carbocycles. The van der Waals surface area contributed by atoms with Gasteiger partial charge in [0.05, 0.1) is 14.2 Å². The van der Waals surface area contributed by atoms with Gasteiger partial charge in [-0.25, -0.2) is 0 Å². The Hall–Kier alpha value is -2.16. The van der Waals surface area contributed by atoms with Gasteiger partial charge in [0.15, 0.2) is 0 Å². The van der Waals surface area contributed by atoms with Crippen LogP contribution in [-0.2, 0) is 5.41 Å². The zero-order chi connectivity index (χ0) is 19.5. The van der Waals surface area contributed by atoms with Crippen LogP contribution < -0.4 is 0 Å². The second-order valence-electron chi connectivity index (χ2n) is 8.55. The second-order valence-corrected chi connectivity index (χ2v) is 12.4. The van der Waals surface area contributed by atoms with Crippen LogP contribution in [0.25, 0.3) is 6.08 Å². The van der Waals surface area contributed by atoms with E-state index in [9.17, 15) is 0 Å². The molecule has 28 heavy (non-hydrogen) atoms. The quantitative estimate of drug-likeness (QED) is 0.490. The van der Waals surface area contributed by atoms with E-state index in [1.54, 1.807) is 5.20 Å². The average molecular weight is 399 g/mol. The monoisotopic (exact) mass is 398 g/mol. The molecule has 0 N–H and O–H groups in total. The second kappa shape index (κ2) is 6.43. The fourth-order valence-corrected chi connectivity index (χ4v) is 8.43. The fraction of sp³-hybridized carbons (Fsp3) is 0.231. The lowest BCUT2D eigenvalue weighted by Gasteiger charge is -2.42. The summed E-state index contributed by atoms with van der Waals surface area (Å²) in [6, 6.07) is 13.5. The summed E-state index contributed by atoms with van der Waals surface area (Å²) in [5.41, 5.74) is 8.71. The summed E-state index contributed by atoms with van der Waals surface area (Å²) in [6.07, 6.45) is 12.1. The van der Waals surface area contributed by atoms with Crippen LogP contribution in [-0.4, -0.2) is 8.80 Å². The summed E-state index contributed by atoms with van der Waals surface area (Å²) >= 11 is 1.90. The molecule has 2 atom stereocenters. The van der Waals surface area contributed by atoms with Crippen molar-refractivity contribution in [2.45, 2.75) is 38.3 Å². The van der Waals surface area contributed by atoms with Gasteiger partial charge >= 0.3 is 0 Å². The molecule has 0 aliphatic heterocycles. The minimum absolute atomic E-state index is 0.113. The van der Waals surface area contributed by atoms with Crippen molar-refractivity contribution in [3.8, 4) is 0 Å². The highest BCUT2D eigenvalue weighted by molar-refractivity contribution is 7.10. The Bertz CT molecular complexity index is 1110. The van der Waals surface area contributed by atoms with Gasteiger partial charge in [0.2, 0.25) is 0 Å². The zero-order valence-corrected chi connectivity index (χ0v) is 19.0. The molecule has 0 saturated heterocycles. The van der Waals surface area contributed by atoms with Crippen molar-refractivity contribution >= 4 is 26.2 Å². The first kappa shape index (κ1) is 17.9. The van der Waals surface area contributed by atoms with Gasteiger partial charge < -0.3 is 0 Å². The normalized spacial score (nSPS) is 25.6. The molecule has 0 spiro atoms. The molecular weight excluding hydrogens is 372 g/mol. The number of thiophene rings is 1. The molecule has 0 amide bonds. The molecule has 1 unspecified atom stereocenters. The van der Waals surface area contributed by atoms with E-state index in [-0.39, 0.29) is 5.41 Å². The topological polar surface area (TPSA) is 0 Å². The van der Waals surface area contributed by atoms with Gasteiger partial charge in [-0.15, -0.1) is 11.3 Å². The van der Waals surface area contributed by atoms with Gasteiger partial charge in [0, 0.05) is 10.8 Å². The van der Waals surface area contributed by atoms with Crippen molar-refractivity contribution in [3.63, 3.8) is 0 Å². The van der Waals surface area contributed by atoms with Crippen LogP contribution in [0.3, 0.4) is 0 Å². The summed E-state index contributed by atoms with van der Waals surface area (Å²) in [5.74, 6) is 0.356. The van der Waals surface area contributed by atoms with Crippen LogP contribution in [0.5, 0.6) is 0 Å². The summed E-state index contributed by atoms with van der Waals surface area (Å²) in [5, 5.41) is 3.88. The van der Waals surface area contributed by atoms with Crippen molar-refractivity contribution < 1.29 is 0 Å². The van der Waals surface area contributed by atoms with Gasteiger partial charge in [-0.05, 0) is 47.6 Å². The molecule has 3 aliphatic carbocycles. The third kappa shape index (κ3) is 2.34. The van der Waals surface area contributed by atoms with Gasteiger partial charge in [0.25, 0.3) is 0 Å². The van der Waals surface area contributed by atoms with E-state index in [0.717, 1.165) is 0 Å². The molecule has 0 nitrogen and oxygen atoms in total. The molecule has 1 heterocycles. The van der Waals surface area contributed by atoms with Crippen LogP contribution in [0, 0.1) is 0 Å². The van der Waals surface area contributed by atoms with Crippen LogP contribution in [0.4, 0.5) is 0 Å². The van der Waals surface area contributed by atoms with E-state index in [1.807, 2.05) is 11.3 Å². The lowest BCUT2D eigenvalue weighted by molar-refractivity contribution is 0.559. The number of hydrogen-bond acceptors (Lipinski definition) is 1. The van der Waals surface area contributed by atoms with Crippen molar-refractivity contribution in [1.82, 2.24) is 0 Å². The number of allylic oxidation sites excluding steroid dienone is 9. The number of hydrogen-bond donors (Lipinski definition) is 0. The summed E-state index contributed by atoms with van der Waals surface area (Å²) in [6.45, 7) is 9.55. The SMILES string of the molecule is CC1=Cc2ccccc2[C@@H]1C1(c2cccs2)C=CC=C2C1=CC(C)=C2[SiH](C)C. The van der Waals surface area contributed by atoms with E-state index in [2.05, 4.69) is 99.1 Å². The van der Waals surface area contributed by atoms with E-state index >= 15 is 0 Å². The van der Waals surface area contributed by atoms with Crippen LogP contribution in [0.1, 0.15) is 35.8 Å². The zero-order valence-electron chi connectivity index (χ0n) is 17.0. The lowest BCUT2D eigenvalue weighted by Crippen LogP contribution is -2.35. The highest BCUT2D eigenvalue weighted by Gasteiger charge is 2.49. The maximum atomic E-state index is 2.51. The highest BCUT2D eigenvalue weighted by atomic mass is 32.1. The minimum atomic E-state index is -0.914. The van der Waals surface area contributed by atoms with Crippen LogP contribution in [0.2, 0.25) is 13.1 Å². The first-order valence-corrected chi connectivity index (χ1v) is 13.9. The summed E-state index contributed by atoms with van der Waals surface area (Å²) in [7, 11) is -0.914. The molecule has 2 heteroatoms. The molecule has 1 aromatic heterocycles. The van der Waals surface area contributed by atoms with Crippen molar-refractivity contribution in [2.24, 2.45) is 0 Å². The minimum Gasteiger partial charge on any atom is -0.148 e. The van der Waals surface area contributed by atoms with E-state index in [4.69, 9.17) is 0 Å². The number of benzene rings is 1. The summed E-state index contributed by atoms with van der Waals surface area (Å²) < 4.78 is 0. The molecule has 3 aliphatic rings. The molecule has 0 saturated carbocycles. The van der Waals surface area contributed by atoms with E-state index in [1.165, 1.54) is 38.3 Å². The fourth-order valence-electron chi connectivity index (χ4n) is 5.61. The molecule has 0 bridgehead atoms. The number of fused-ring (bicyclic) bond motifs is 2. The van der Waals surface area contributed by atoms with E-state index < -0.39 is 8.80 Å². The molecule has 140 valence electrons. The highest BCUT2D eigenvalue weighted by Crippen LogP contribution is 2.59. The van der Waals surface area contributed by atoms with Crippen LogP contribution in [0.15, 0.2) is 93.6 Å². The maximum absolute atomic E-state index is 2.51. The Labute approximate surface area is 173 Å². The predicted molar refractivity (Wildman–Crippen MR) is 126 cm³/mol. The molecule has 5 rings (SSSR count). The van der Waals surface area contributed by atoms with Crippen molar-refractivity contribution in [3.05, 3.63) is 110 Å². The van der Waals surface area contributed by atoms with Gasteiger partial charge in [0.1, 0.15) is 0 Å². The van der Waals surface area contributed by atoms with Crippen molar-refractivity contribution in [2.75, 3.05) is 0 Å². The van der Waals surface area contributed by atoms with Gasteiger partial charge in [-0.3, -0.25) is 0 Å². The Morgan fingerprint density at radius 2 is 1.82 bits per heavy atom.